The summed E-state index contributed by atoms with van der Waals surface area (Å²) in [4.78, 5) is 14.3. The normalized spacial score (nSPS) is 34.8. The summed E-state index contributed by atoms with van der Waals surface area (Å²) in [6.45, 7) is 3.56. The highest BCUT2D eigenvalue weighted by molar-refractivity contribution is 5.18. The maximum absolute atomic E-state index is 11.6. The highest BCUT2D eigenvalue weighted by atomic mass is 16.1. The molecule has 96 valence electrons. The Morgan fingerprint density at radius 2 is 2.17 bits per heavy atom. The van der Waals surface area contributed by atoms with Gasteiger partial charge in [0.05, 0.1) is 0 Å². The van der Waals surface area contributed by atoms with Crippen molar-refractivity contribution >= 4 is 0 Å². The van der Waals surface area contributed by atoms with Crippen molar-refractivity contribution in [1.82, 2.24) is 9.47 Å². The molecule has 2 fully saturated rings. The van der Waals surface area contributed by atoms with Gasteiger partial charge >= 0.3 is 0 Å². The van der Waals surface area contributed by atoms with Crippen LogP contribution in [0.2, 0.25) is 0 Å². The number of hydrogen-bond acceptors (Lipinski definition) is 2. The lowest BCUT2D eigenvalue weighted by atomic mass is 9.75. The van der Waals surface area contributed by atoms with Gasteiger partial charge in [0.15, 0.2) is 5.43 Å². The molecular weight excluding hydrogens is 224 g/mol. The lowest BCUT2D eigenvalue weighted by Gasteiger charge is -2.50. The number of aromatic nitrogens is 1. The molecule has 2 saturated heterocycles. The van der Waals surface area contributed by atoms with Crippen molar-refractivity contribution in [2.75, 3.05) is 13.1 Å². The standard InChI is InChI=1S/C15H20N2O/c18-13-4-6-17-9-11-7-12(15(17)8-13)10-16-5-2-1-3-14(11)16/h4,6,8,11-12,14H,1-3,5,7,9-10H2/t11-,12+,14-/m0/s1. The number of nitrogens with zero attached hydrogens (tertiary/aromatic N) is 2. The van der Waals surface area contributed by atoms with Crippen molar-refractivity contribution in [3.05, 3.63) is 34.2 Å². The number of rotatable bonds is 0. The Morgan fingerprint density at radius 1 is 1.22 bits per heavy atom. The number of pyridine rings is 1. The third kappa shape index (κ3) is 1.57. The van der Waals surface area contributed by atoms with E-state index in [2.05, 4.69) is 9.47 Å². The summed E-state index contributed by atoms with van der Waals surface area (Å²) in [5.41, 5.74) is 1.45. The van der Waals surface area contributed by atoms with Gasteiger partial charge in [0.1, 0.15) is 0 Å². The number of hydrogen-bond donors (Lipinski definition) is 0. The lowest BCUT2D eigenvalue weighted by Crippen LogP contribution is -2.53. The largest absolute Gasteiger partial charge is 0.350 e. The molecule has 18 heavy (non-hydrogen) atoms. The zero-order chi connectivity index (χ0) is 12.1. The Morgan fingerprint density at radius 3 is 3.11 bits per heavy atom. The van der Waals surface area contributed by atoms with E-state index in [0.29, 0.717) is 5.92 Å². The van der Waals surface area contributed by atoms with Crippen LogP contribution in [0.25, 0.3) is 0 Å². The average Bonchev–Trinajstić information content (AvgIpc) is 2.40. The molecule has 3 heteroatoms. The first-order chi connectivity index (χ1) is 8.81. The Balaban J connectivity index is 1.74. The SMILES string of the molecule is O=c1ccn2c(c1)[C@@H]1C[C@@H](C2)[C@@H]2CCCCN2C1. The molecule has 0 aromatic carbocycles. The molecule has 0 saturated carbocycles. The summed E-state index contributed by atoms with van der Waals surface area (Å²) in [5, 5.41) is 0. The molecule has 0 radical (unpaired) electrons. The highest BCUT2D eigenvalue weighted by Gasteiger charge is 2.41. The second kappa shape index (κ2) is 3.95. The van der Waals surface area contributed by atoms with Gasteiger partial charge in [-0.05, 0) is 31.7 Å². The first-order valence-electron chi connectivity index (χ1n) is 7.26. The Hall–Kier alpha value is -1.09. The minimum absolute atomic E-state index is 0.167. The predicted molar refractivity (Wildman–Crippen MR) is 70.8 cm³/mol. The molecule has 1 aromatic rings. The maximum atomic E-state index is 11.6. The number of fused-ring (bicyclic) bond motifs is 6. The quantitative estimate of drug-likeness (QED) is 0.695. The fraction of sp³-hybridized carbons (Fsp3) is 0.667. The summed E-state index contributed by atoms with van der Waals surface area (Å²) < 4.78 is 2.34. The van der Waals surface area contributed by atoms with Crippen LogP contribution in [0.5, 0.6) is 0 Å². The third-order valence-electron chi connectivity index (χ3n) is 5.14. The van der Waals surface area contributed by atoms with E-state index in [4.69, 9.17) is 0 Å². The summed E-state index contributed by atoms with van der Waals surface area (Å²) in [7, 11) is 0. The van der Waals surface area contributed by atoms with E-state index in [1.807, 2.05) is 12.3 Å². The van der Waals surface area contributed by atoms with Crippen LogP contribution in [-0.2, 0) is 6.54 Å². The molecule has 3 aliphatic rings. The van der Waals surface area contributed by atoms with Crippen molar-refractivity contribution in [1.29, 1.82) is 0 Å². The molecule has 3 aliphatic heterocycles. The van der Waals surface area contributed by atoms with Gasteiger partial charge < -0.3 is 4.57 Å². The first kappa shape index (κ1) is 10.8. The van der Waals surface area contributed by atoms with Crippen LogP contribution < -0.4 is 5.43 Å². The van der Waals surface area contributed by atoms with Crippen molar-refractivity contribution in [2.45, 2.75) is 44.2 Å². The van der Waals surface area contributed by atoms with E-state index in [1.165, 1.54) is 44.5 Å². The van der Waals surface area contributed by atoms with Gasteiger partial charge in [-0.2, -0.15) is 0 Å². The van der Waals surface area contributed by atoms with Crippen LogP contribution in [0.15, 0.2) is 23.1 Å². The van der Waals surface area contributed by atoms with Crippen molar-refractivity contribution in [3.63, 3.8) is 0 Å². The van der Waals surface area contributed by atoms with Gasteiger partial charge in [-0.25, -0.2) is 0 Å². The monoisotopic (exact) mass is 244 g/mol. The van der Waals surface area contributed by atoms with Gasteiger partial charge in [-0.15, -0.1) is 0 Å². The van der Waals surface area contributed by atoms with Gasteiger partial charge in [0.25, 0.3) is 0 Å². The van der Waals surface area contributed by atoms with Crippen LogP contribution >= 0.6 is 0 Å². The number of piperidine rings is 2. The topological polar surface area (TPSA) is 25.2 Å². The van der Waals surface area contributed by atoms with Crippen LogP contribution in [0, 0.1) is 5.92 Å². The van der Waals surface area contributed by atoms with Gasteiger partial charge in [0.2, 0.25) is 0 Å². The second-order valence-electron chi connectivity index (χ2n) is 6.19. The molecule has 4 rings (SSSR count). The second-order valence-corrected chi connectivity index (χ2v) is 6.19. The summed E-state index contributed by atoms with van der Waals surface area (Å²) in [6.07, 6.45) is 7.45. The zero-order valence-electron chi connectivity index (χ0n) is 10.7. The molecule has 3 atom stereocenters. The first-order valence-corrected chi connectivity index (χ1v) is 7.26. The van der Waals surface area contributed by atoms with Gasteiger partial charge in [-0.3, -0.25) is 9.69 Å². The van der Waals surface area contributed by atoms with E-state index in [-0.39, 0.29) is 5.43 Å². The van der Waals surface area contributed by atoms with Crippen LogP contribution in [0.1, 0.15) is 37.3 Å². The summed E-state index contributed by atoms with van der Waals surface area (Å²) >= 11 is 0. The minimum Gasteiger partial charge on any atom is -0.350 e. The third-order valence-corrected chi connectivity index (χ3v) is 5.14. The summed E-state index contributed by atoms with van der Waals surface area (Å²) in [5.74, 6) is 1.39. The molecule has 3 nitrogen and oxygen atoms in total. The van der Waals surface area contributed by atoms with E-state index in [1.54, 1.807) is 6.07 Å². The molecule has 1 aromatic heterocycles. The Kier molecular flexibility index (Phi) is 2.37. The molecule has 0 N–H and O–H groups in total. The van der Waals surface area contributed by atoms with E-state index >= 15 is 0 Å². The smallest absolute Gasteiger partial charge is 0.181 e. The van der Waals surface area contributed by atoms with Crippen molar-refractivity contribution < 1.29 is 0 Å². The molecular formula is C15H20N2O. The zero-order valence-corrected chi connectivity index (χ0v) is 10.7. The minimum atomic E-state index is 0.167. The molecule has 0 aliphatic carbocycles. The van der Waals surface area contributed by atoms with Crippen LogP contribution in [0.4, 0.5) is 0 Å². The summed E-state index contributed by atoms with van der Waals surface area (Å²) in [6, 6.07) is 4.39. The molecule has 2 bridgehead atoms. The van der Waals surface area contributed by atoms with E-state index in [9.17, 15) is 4.79 Å². The van der Waals surface area contributed by atoms with Crippen molar-refractivity contribution in [2.24, 2.45) is 5.92 Å². The molecule has 0 spiro atoms. The van der Waals surface area contributed by atoms with E-state index in [0.717, 1.165) is 18.5 Å². The Bertz CT molecular complexity index is 521. The van der Waals surface area contributed by atoms with Crippen molar-refractivity contribution in [3.8, 4) is 0 Å². The fourth-order valence-electron chi connectivity index (χ4n) is 4.37. The van der Waals surface area contributed by atoms with Gasteiger partial charge in [0, 0.05) is 49.1 Å². The van der Waals surface area contributed by atoms with E-state index < -0.39 is 0 Å². The average molecular weight is 244 g/mol. The van der Waals surface area contributed by atoms with Crippen LogP contribution in [-0.4, -0.2) is 28.6 Å². The molecule has 0 amide bonds. The maximum Gasteiger partial charge on any atom is 0.181 e. The van der Waals surface area contributed by atoms with Crippen LogP contribution in [0.3, 0.4) is 0 Å². The molecule has 0 unspecified atom stereocenters. The highest BCUT2D eigenvalue weighted by Crippen LogP contribution is 2.41. The predicted octanol–water partition coefficient (Wildman–Crippen LogP) is 1.82. The Labute approximate surface area is 107 Å². The molecule has 4 heterocycles. The van der Waals surface area contributed by atoms with Gasteiger partial charge in [-0.1, -0.05) is 6.42 Å². The fourth-order valence-corrected chi connectivity index (χ4v) is 4.37. The lowest BCUT2D eigenvalue weighted by molar-refractivity contribution is 0.0255.